The highest BCUT2D eigenvalue weighted by molar-refractivity contribution is 7.71. The van der Waals surface area contributed by atoms with Crippen LogP contribution in [0.15, 0.2) is 48.8 Å². The highest BCUT2D eigenvalue weighted by Gasteiger charge is 2.23. The number of aliphatic hydroxyl groups excluding tert-OH is 1. The molecule has 0 radical (unpaired) electrons. The molecule has 2 N–H and O–H groups in total. The average Bonchev–Trinajstić information content (AvgIpc) is 3.00. The van der Waals surface area contributed by atoms with E-state index in [1.165, 1.54) is 4.90 Å². The first-order valence-corrected chi connectivity index (χ1v) is 9.78. The van der Waals surface area contributed by atoms with E-state index in [-0.39, 0.29) is 6.10 Å². The molecule has 1 aliphatic rings. The quantitative estimate of drug-likeness (QED) is 0.656. The lowest BCUT2D eigenvalue weighted by Gasteiger charge is -2.26. The number of hydrogen-bond donors (Lipinski definition) is 2. The lowest BCUT2D eigenvalue weighted by Crippen LogP contribution is -3.13. The summed E-state index contributed by atoms with van der Waals surface area (Å²) in [5.74, 6) is 0.765. The molecule has 3 aromatic rings. The number of hydrogen-bond acceptors (Lipinski definition) is 4. The third-order valence-corrected chi connectivity index (χ3v) is 5.47. The maximum atomic E-state index is 9.97. The molecule has 0 saturated carbocycles. The minimum Gasteiger partial charge on any atom is -0.387 e. The van der Waals surface area contributed by atoms with Crippen LogP contribution in [0.2, 0.25) is 5.02 Å². The molecule has 0 spiro atoms. The van der Waals surface area contributed by atoms with Crippen molar-refractivity contribution in [1.29, 1.82) is 0 Å². The molecular formula is C19H21ClN5OS+. The second kappa shape index (κ2) is 7.90. The van der Waals surface area contributed by atoms with E-state index in [1.54, 1.807) is 12.4 Å². The molecule has 0 bridgehead atoms. The lowest BCUT2D eigenvalue weighted by molar-refractivity contribution is -0.931. The maximum Gasteiger partial charge on any atom is 0.207 e. The van der Waals surface area contributed by atoms with E-state index in [2.05, 4.69) is 4.98 Å². The van der Waals surface area contributed by atoms with Crippen LogP contribution in [0.4, 0.5) is 0 Å². The summed E-state index contributed by atoms with van der Waals surface area (Å²) in [6.07, 6.45) is 5.13. The number of pyridine rings is 1. The summed E-state index contributed by atoms with van der Waals surface area (Å²) in [5.41, 5.74) is 1.86. The Morgan fingerprint density at radius 3 is 2.63 bits per heavy atom. The number of likely N-dealkylation sites (tertiary alicyclic amines) is 1. The standard InChI is InChI=1S/C19H20ClN5OS/c20-15-3-5-16(6-4-15)25-18(14-7-9-21-10-8-14)22-24(19(25)27)13-23-11-1-2-17(26)12-23/h3-10,17,26H,1-2,11-13H2/p+1/t17-/m1/s1. The van der Waals surface area contributed by atoms with Gasteiger partial charge in [-0.15, -0.1) is 5.10 Å². The largest absolute Gasteiger partial charge is 0.387 e. The van der Waals surface area contributed by atoms with Gasteiger partial charge in [-0.05, 0) is 61.5 Å². The first-order valence-electron chi connectivity index (χ1n) is 8.99. The Bertz CT molecular complexity index is 970. The van der Waals surface area contributed by atoms with E-state index in [4.69, 9.17) is 28.9 Å². The minimum absolute atomic E-state index is 0.249. The third kappa shape index (κ3) is 3.96. The van der Waals surface area contributed by atoms with E-state index in [9.17, 15) is 5.11 Å². The van der Waals surface area contributed by atoms with Crippen molar-refractivity contribution in [2.75, 3.05) is 13.1 Å². The lowest BCUT2D eigenvalue weighted by atomic mass is 10.1. The first kappa shape index (κ1) is 18.3. The SMILES string of the molecule is O[C@@H]1CCC[NH+](Cn2nc(-c3ccncc3)n(-c3ccc(Cl)cc3)c2=S)C1. The molecule has 1 fully saturated rings. The van der Waals surface area contributed by atoms with Gasteiger partial charge in [0.05, 0.1) is 12.2 Å². The van der Waals surface area contributed by atoms with E-state index in [0.717, 1.165) is 43.0 Å². The molecular weight excluding hydrogens is 382 g/mol. The van der Waals surface area contributed by atoms with Crippen LogP contribution in [0.25, 0.3) is 17.1 Å². The smallest absolute Gasteiger partial charge is 0.207 e. The highest BCUT2D eigenvalue weighted by Crippen LogP contribution is 2.23. The van der Waals surface area contributed by atoms with Gasteiger partial charge in [-0.25, -0.2) is 0 Å². The molecule has 3 heterocycles. The van der Waals surface area contributed by atoms with E-state index < -0.39 is 0 Å². The van der Waals surface area contributed by atoms with Gasteiger partial charge in [0.25, 0.3) is 0 Å². The zero-order valence-corrected chi connectivity index (χ0v) is 16.3. The fourth-order valence-electron chi connectivity index (χ4n) is 3.50. The highest BCUT2D eigenvalue weighted by atomic mass is 35.5. The molecule has 1 saturated heterocycles. The number of aliphatic hydroxyl groups is 1. The van der Waals surface area contributed by atoms with Crippen molar-refractivity contribution in [3.8, 4) is 17.1 Å². The summed E-state index contributed by atoms with van der Waals surface area (Å²) < 4.78 is 4.44. The fraction of sp³-hybridized carbons (Fsp3) is 0.316. The van der Waals surface area contributed by atoms with E-state index in [1.807, 2.05) is 45.6 Å². The number of nitrogens with zero attached hydrogens (tertiary/aromatic N) is 4. The van der Waals surface area contributed by atoms with Gasteiger partial charge >= 0.3 is 0 Å². The van der Waals surface area contributed by atoms with Crippen molar-refractivity contribution in [1.82, 2.24) is 19.3 Å². The number of quaternary nitrogens is 1. The van der Waals surface area contributed by atoms with Gasteiger partial charge in [-0.1, -0.05) is 11.6 Å². The van der Waals surface area contributed by atoms with E-state index >= 15 is 0 Å². The summed E-state index contributed by atoms with van der Waals surface area (Å²) in [6, 6.07) is 11.4. The molecule has 1 aliphatic heterocycles. The number of halogens is 1. The monoisotopic (exact) mass is 402 g/mol. The maximum absolute atomic E-state index is 9.97. The summed E-state index contributed by atoms with van der Waals surface area (Å²) in [6.45, 7) is 2.37. The second-order valence-electron chi connectivity index (χ2n) is 6.81. The first-order chi connectivity index (χ1) is 13.1. The Hall–Kier alpha value is -2.06. The van der Waals surface area contributed by atoms with Crippen LogP contribution in [0.1, 0.15) is 12.8 Å². The van der Waals surface area contributed by atoms with Crippen molar-refractivity contribution in [3.63, 3.8) is 0 Å². The van der Waals surface area contributed by atoms with Crippen LogP contribution < -0.4 is 4.90 Å². The van der Waals surface area contributed by atoms with Crippen molar-refractivity contribution in [2.24, 2.45) is 0 Å². The van der Waals surface area contributed by atoms with Crippen molar-refractivity contribution < 1.29 is 10.0 Å². The Labute approximate surface area is 167 Å². The fourth-order valence-corrected chi connectivity index (χ4v) is 3.93. The van der Waals surface area contributed by atoms with Gasteiger partial charge in [0, 0.05) is 23.0 Å². The summed E-state index contributed by atoms with van der Waals surface area (Å²) in [5, 5.41) is 15.5. The van der Waals surface area contributed by atoms with Crippen LogP contribution in [0.5, 0.6) is 0 Å². The van der Waals surface area contributed by atoms with Gasteiger partial charge in [-0.3, -0.25) is 9.55 Å². The predicted octanol–water partition coefficient (Wildman–Crippen LogP) is 2.12. The molecule has 140 valence electrons. The predicted molar refractivity (Wildman–Crippen MR) is 107 cm³/mol. The molecule has 2 aromatic heterocycles. The Morgan fingerprint density at radius 2 is 1.93 bits per heavy atom. The molecule has 0 aliphatic carbocycles. The van der Waals surface area contributed by atoms with Gasteiger partial charge < -0.3 is 10.0 Å². The molecule has 1 unspecified atom stereocenters. The van der Waals surface area contributed by atoms with Crippen molar-refractivity contribution in [2.45, 2.75) is 25.6 Å². The van der Waals surface area contributed by atoms with Crippen LogP contribution >= 0.6 is 23.8 Å². The molecule has 1 aromatic carbocycles. The Kier molecular flexibility index (Phi) is 5.36. The molecule has 0 amide bonds. The Morgan fingerprint density at radius 1 is 1.19 bits per heavy atom. The summed E-state index contributed by atoms with van der Waals surface area (Å²) in [7, 11) is 0. The topological polar surface area (TPSA) is 60.3 Å². The molecule has 4 rings (SSSR count). The van der Waals surface area contributed by atoms with Crippen LogP contribution in [-0.4, -0.2) is 43.6 Å². The molecule has 8 heteroatoms. The van der Waals surface area contributed by atoms with Gasteiger partial charge in [-0.2, -0.15) is 4.68 Å². The number of nitrogens with one attached hydrogen (secondary N) is 1. The summed E-state index contributed by atoms with van der Waals surface area (Å²) in [4.78, 5) is 5.38. The molecule has 2 atom stereocenters. The van der Waals surface area contributed by atoms with Gasteiger partial charge in [0.1, 0.15) is 12.6 Å². The zero-order chi connectivity index (χ0) is 18.8. The Balaban J connectivity index is 1.77. The minimum atomic E-state index is -0.249. The average molecular weight is 403 g/mol. The molecule has 27 heavy (non-hydrogen) atoms. The van der Waals surface area contributed by atoms with Crippen LogP contribution in [-0.2, 0) is 6.67 Å². The summed E-state index contributed by atoms with van der Waals surface area (Å²) >= 11 is 11.8. The number of piperidine rings is 1. The van der Waals surface area contributed by atoms with Crippen LogP contribution in [0.3, 0.4) is 0 Å². The number of benzene rings is 1. The van der Waals surface area contributed by atoms with Gasteiger partial charge in [0.15, 0.2) is 12.5 Å². The van der Waals surface area contributed by atoms with Crippen molar-refractivity contribution >= 4 is 23.8 Å². The van der Waals surface area contributed by atoms with Crippen LogP contribution in [0, 0.1) is 4.77 Å². The van der Waals surface area contributed by atoms with Crippen molar-refractivity contribution in [3.05, 3.63) is 58.6 Å². The second-order valence-corrected chi connectivity index (χ2v) is 7.61. The van der Waals surface area contributed by atoms with Gasteiger partial charge in [0.2, 0.25) is 4.77 Å². The third-order valence-electron chi connectivity index (χ3n) is 4.83. The zero-order valence-electron chi connectivity index (χ0n) is 14.8. The van der Waals surface area contributed by atoms with E-state index in [0.29, 0.717) is 16.5 Å². The molecule has 6 nitrogen and oxygen atoms in total. The number of aromatic nitrogens is 4. The normalized spacial score (nSPS) is 19.9. The number of rotatable bonds is 4.